The lowest BCUT2D eigenvalue weighted by Gasteiger charge is -2.10. The monoisotopic (exact) mass is 1210 g/mol. The van der Waals surface area contributed by atoms with E-state index >= 15 is 0 Å². The van der Waals surface area contributed by atoms with Crippen molar-refractivity contribution in [2.75, 3.05) is 32.0 Å². The fraction of sp³-hybridized carbons (Fsp3) is 0. The van der Waals surface area contributed by atoms with Gasteiger partial charge < -0.3 is 31.7 Å². The molecule has 0 saturated heterocycles. The molecule has 0 aliphatic carbocycles. The van der Waals surface area contributed by atoms with Crippen molar-refractivity contribution in [1.82, 2.24) is 59.8 Å². The minimum absolute atomic E-state index is 0.000000000000000444. The first-order chi connectivity index (χ1) is 38.4. The van der Waals surface area contributed by atoms with Gasteiger partial charge in [0, 0.05) is 34.0 Å². The summed E-state index contributed by atoms with van der Waals surface area (Å²) in [5.74, 6) is -0.654. The molecule has 7 N–H and O–H groups in total. The van der Waals surface area contributed by atoms with E-state index in [4.69, 9.17) is 69.6 Å². The molecule has 0 amide bonds. The first-order valence-corrected chi connectivity index (χ1v) is 24.4. The van der Waals surface area contributed by atoms with Gasteiger partial charge in [0.05, 0.1) is 6.21 Å². The number of para-hydroxylation sites is 1. The summed E-state index contributed by atoms with van der Waals surface area (Å²) in [4.78, 5) is 46.4. The summed E-state index contributed by atoms with van der Waals surface area (Å²) in [6, 6.07) is 35.2. The second kappa shape index (κ2) is 29.1. The van der Waals surface area contributed by atoms with Crippen LogP contribution in [0.2, 0.25) is 31.7 Å². The highest BCUT2D eigenvalue weighted by atomic mass is 35.5. The quantitative estimate of drug-likeness (QED) is 0.0321. The number of anilines is 11. The minimum atomic E-state index is -0.370. The van der Waals surface area contributed by atoms with Gasteiger partial charge in [-0.05, 0) is 203 Å². The summed E-state index contributed by atoms with van der Waals surface area (Å²) in [7, 11) is 0. The normalized spacial score (nSPS) is 10.4. The standard InChI is InChI=1S/C22H17F2N7O.C15H10ClF2N5.C9H5Cl2FN4.C3Cl3N3/c23-15-5-9-17(10-6-15)26-20-28-21(27-18-11-7-16(24)8-12-18)30-22(29-20)31-25-13-14-3-1-2-4-19(14)32;16-13-21-14(19-11-5-1-9(17)2-6-11)23-15(22-13)20-12-7-3-10(18)4-8-12;10-7-14-8(11)16-9(15-7)13-6-3-1-5(12)2-4-6;4-1-7-2(5)9-3(6)8-1/h1-13,32H,(H3,26,27,28,29,30,31);1-8H,(H2,19,20,21,22,23);1-4H,(H,13,14,15,16);/b25-13+;;;. The molecule has 4 aromatic heterocycles. The Balaban J connectivity index is 0.000000168. The van der Waals surface area contributed by atoms with E-state index in [0.717, 1.165) is 0 Å². The van der Waals surface area contributed by atoms with Gasteiger partial charge in [-0.25, -0.2) is 27.4 Å². The topological polar surface area (TPSA) is 259 Å². The molecule has 80 heavy (non-hydrogen) atoms. The Hall–Kier alpha value is -8.98. The van der Waals surface area contributed by atoms with Gasteiger partial charge in [-0.15, -0.1) is 0 Å². The highest BCUT2D eigenvalue weighted by Gasteiger charge is 2.10. The summed E-state index contributed by atoms with van der Waals surface area (Å²) in [5.41, 5.74) is 6.14. The third-order valence-corrected chi connectivity index (χ3v) is 10.2. The van der Waals surface area contributed by atoms with E-state index in [1.54, 1.807) is 60.7 Å². The minimum Gasteiger partial charge on any atom is -0.507 e. The molecule has 0 spiro atoms. The number of aromatic hydroxyl groups is 1. The van der Waals surface area contributed by atoms with Crippen molar-refractivity contribution in [1.29, 1.82) is 0 Å². The second-order valence-corrected chi connectivity index (χ2v) is 17.0. The van der Waals surface area contributed by atoms with E-state index < -0.39 is 0 Å². The molecule has 10 rings (SSSR count). The zero-order chi connectivity index (χ0) is 57.0. The van der Waals surface area contributed by atoms with Gasteiger partial charge in [-0.3, -0.25) is 0 Å². The average Bonchev–Trinajstić information content (AvgIpc) is 3.40. The fourth-order valence-corrected chi connectivity index (χ4v) is 6.89. The Morgan fingerprint density at radius 2 is 0.550 bits per heavy atom. The third-order valence-electron chi connectivity index (χ3n) is 9.18. The predicted octanol–water partition coefficient (Wildman–Crippen LogP) is 14.0. The molecule has 0 unspecified atom stereocenters. The first kappa shape index (κ1) is 58.7. The molecule has 4 heterocycles. The Bertz CT molecular complexity index is 3470. The van der Waals surface area contributed by atoms with Crippen LogP contribution < -0.4 is 32.0 Å². The van der Waals surface area contributed by atoms with Gasteiger partial charge in [0.25, 0.3) is 0 Å². The zero-order valence-corrected chi connectivity index (χ0v) is 44.4. The molecule has 10 aromatic rings. The zero-order valence-electron chi connectivity index (χ0n) is 39.9. The number of benzene rings is 6. The van der Waals surface area contributed by atoms with Crippen LogP contribution in [-0.4, -0.2) is 71.1 Å². The van der Waals surface area contributed by atoms with Crippen molar-refractivity contribution in [2.45, 2.75) is 0 Å². The third kappa shape index (κ3) is 20.1. The van der Waals surface area contributed by atoms with E-state index in [1.807, 2.05) is 0 Å². The van der Waals surface area contributed by atoms with Crippen molar-refractivity contribution < 1.29 is 27.1 Å². The SMILES string of the molecule is Clc1nc(Cl)nc(Cl)n1.Fc1ccc(Nc2nc(Cl)nc(Cl)n2)cc1.Fc1ccc(Nc2nc(Cl)nc(Nc3ccc(F)cc3)n2)cc1.Oc1ccccc1/C=N/Nc1nc(Nc2ccc(F)cc2)nc(Nc2ccc(F)cc2)n1. The van der Waals surface area contributed by atoms with Crippen LogP contribution in [0.15, 0.2) is 151 Å². The smallest absolute Gasteiger partial charge is 0.250 e. The van der Waals surface area contributed by atoms with E-state index in [1.165, 1.54) is 91.1 Å². The Labute approximate surface area is 479 Å². The highest BCUT2D eigenvalue weighted by molar-refractivity contribution is 6.33. The summed E-state index contributed by atoms with van der Waals surface area (Å²) in [5, 5.41) is 28.4. The van der Waals surface area contributed by atoms with Gasteiger partial charge in [0.2, 0.25) is 67.4 Å². The van der Waals surface area contributed by atoms with Crippen LogP contribution in [0.25, 0.3) is 0 Å². The first-order valence-electron chi connectivity index (χ1n) is 22.1. The number of halogens is 11. The lowest BCUT2D eigenvalue weighted by Crippen LogP contribution is -2.07. The number of phenols is 1. The summed E-state index contributed by atoms with van der Waals surface area (Å²) in [6.07, 6.45) is 1.42. The van der Waals surface area contributed by atoms with Crippen molar-refractivity contribution in [2.24, 2.45) is 5.10 Å². The van der Waals surface area contributed by atoms with Gasteiger partial charge in [-0.1, -0.05) is 12.1 Å². The molecule has 0 aliphatic rings. The molecular weight excluding hydrogens is 1180 g/mol. The van der Waals surface area contributed by atoms with Crippen LogP contribution in [0.1, 0.15) is 5.56 Å². The van der Waals surface area contributed by atoms with Gasteiger partial charge >= 0.3 is 0 Å². The van der Waals surface area contributed by atoms with Crippen molar-refractivity contribution >= 4 is 140 Å². The second-order valence-electron chi connectivity index (χ2n) is 15.0. The number of aromatic nitrogens is 12. The Morgan fingerprint density at radius 3 is 0.850 bits per heavy atom. The van der Waals surface area contributed by atoms with Crippen LogP contribution in [0.5, 0.6) is 5.75 Å². The van der Waals surface area contributed by atoms with Gasteiger partial charge in [-0.2, -0.15) is 64.9 Å². The van der Waals surface area contributed by atoms with E-state index in [0.29, 0.717) is 34.0 Å². The molecule has 20 nitrogen and oxygen atoms in total. The molecule has 406 valence electrons. The Kier molecular flexibility index (Phi) is 21.4. The molecule has 31 heteroatoms. The lowest BCUT2D eigenvalue weighted by molar-refractivity contribution is 0.474. The lowest BCUT2D eigenvalue weighted by atomic mass is 10.2. The summed E-state index contributed by atoms with van der Waals surface area (Å²) >= 11 is 33.0. The average molecular weight is 1210 g/mol. The van der Waals surface area contributed by atoms with Crippen molar-refractivity contribution in [3.05, 3.63) is 212 Å². The van der Waals surface area contributed by atoms with Crippen LogP contribution >= 0.6 is 69.6 Å². The van der Waals surface area contributed by atoms with E-state index in [2.05, 4.69) is 96.9 Å². The molecule has 0 aliphatic heterocycles. The number of rotatable bonds is 13. The van der Waals surface area contributed by atoms with E-state index in [-0.39, 0.29) is 102 Å². The number of nitrogens with zero attached hydrogens (tertiary/aromatic N) is 13. The van der Waals surface area contributed by atoms with Crippen molar-refractivity contribution in [3.8, 4) is 5.75 Å². The van der Waals surface area contributed by atoms with E-state index in [9.17, 15) is 27.1 Å². The molecule has 0 fully saturated rings. The Morgan fingerprint density at radius 1 is 0.312 bits per heavy atom. The molecule has 0 atom stereocenters. The maximum absolute atomic E-state index is 13.2. The van der Waals surface area contributed by atoms with Gasteiger partial charge in [0.1, 0.15) is 34.8 Å². The van der Waals surface area contributed by atoms with Crippen LogP contribution in [-0.2, 0) is 0 Å². The number of nitrogens with one attached hydrogen (secondary N) is 6. The number of hydrogen-bond donors (Lipinski definition) is 7. The number of phenolic OH excluding ortho intramolecular Hbond substituents is 1. The molecule has 6 aromatic carbocycles. The fourth-order valence-electron chi connectivity index (χ4n) is 5.75. The molecule has 0 saturated carbocycles. The predicted molar refractivity (Wildman–Crippen MR) is 297 cm³/mol. The maximum Gasteiger partial charge on any atom is 0.250 e. The number of hydrazone groups is 1. The maximum atomic E-state index is 13.2. The van der Waals surface area contributed by atoms with Crippen LogP contribution in [0, 0.1) is 29.1 Å². The molecular formula is C49H32Cl6F5N19O. The summed E-state index contributed by atoms with van der Waals surface area (Å²) in [6.45, 7) is 0. The largest absolute Gasteiger partial charge is 0.507 e. The van der Waals surface area contributed by atoms with Crippen molar-refractivity contribution in [3.63, 3.8) is 0 Å². The molecule has 0 bridgehead atoms. The van der Waals surface area contributed by atoms with Crippen LogP contribution in [0.4, 0.5) is 86.1 Å². The summed E-state index contributed by atoms with van der Waals surface area (Å²) < 4.78 is 64.8. The number of hydrogen-bond acceptors (Lipinski definition) is 20. The van der Waals surface area contributed by atoms with Gasteiger partial charge in [0.15, 0.2) is 0 Å². The molecule has 0 radical (unpaired) electrons. The van der Waals surface area contributed by atoms with Crippen LogP contribution in [0.3, 0.4) is 0 Å². The highest BCUT2D eigenvalue weighted by Crippen LogP contribution is 2.23.